The van der Waals surface area contributed by atoms with Crippen LogP contribution in [0.4, 0.5) is 11.8 Å². The van der Waals surface area contributed by atoms with E-state index in [-0.39, 0.29) is 5.95 Å². The highest BCUT2D eigenvalue weighted by atomic mass is 16.5. The second-order valence-corrected chi connectivity index (χ2v) is 4.57. The Hall–Kier alpha value is -2.24. The van der Waals surface area contributed by atoms with Crippen LogP contribution in [0.2, 0.25) is 0 Å². The smallest absolute Gasteiger partial charge is 0.225 e. The zero-order valence-electron chi connectivity index (χ0n) is 10.7. The van der Waals surface area contributed by atoms with Crippen LogP contribution in [0.15, 0.2) is 28.9 Å². The van der Waals surface area contributed by atoms with Gasteiger partial charge in [-0.15, -0.1) is 0 Å². The van der Waals surface area contributed by atoms with E-state index in [4.69, 9.17) is 14.9 Å². The van der Waals surface area contributed by atoms with Crippen LogP contribution >= 0.6 is 0 Å². The number of anilines is 2. The molecule has 2 aromatic heterocycles. The molecule has 3 rings (SSSR count). The summed E-state index contributed by atoms with van der Waals surface area (Å²) in [6.07, 6.45) is 4.00. The molecule has 0 spiro atoms. The van der Waals surface area contributed by atoms with E-state index in [1.54, 1.807) is 19.4 Å². The lowest BCUT2D eigenvalue weighted by molar-refractivity contribution is 0.397. The van der Waals surface area contributed by atoms with Crippen LogP contribution in [-0.2, 0) is 6.54 Å². The molecule has 0 aliphatic heterocycles. The molecule has 0 radical (unpaired) electrons. The van der Waals surface area contributed by atoms with Crippen molar-refractivity contribution >= 4 is 11.8 Å². The molecule has 0 bridgehead atoms. The van der Waals surface area contributed by atoms with E-state index in [1.807, 2.05) is 12.1 Å². The van der Waals surface area contributed by atoms with E-state index in [2.05, 4.69) is 14.9 Å². The van der Waals surface area contributed by atoms with Crippen LogP contribution in [0.25, 0.3) is 0 Å². The third-order valence-electron chi connectivity index (χ3n) is 3.10. The van der Waals surface area contributed by atoms with Gasteiger partial charge in [0.15, 0.2) is 0 Å². The molecule has 1 saturated carbocycles. The fourth-order valence-corrected chi connectivity index (χ4v) is 2.04. The van der Waals surface area contributed by atoms with E-state index in [0.29, 0.717) is 18.5 Å². The minimum atomic E-state index is 0.222. The third-order valence-corrected chi connectivity index (χ3v) is 3.10. The molecule has 100 valence electrons. The average Bonchev–Trinajstić information content (AvgIpc) is 3.12. The normalized spacial score (nSPS) is 14.4. The number of furan rings is 1. The van der Waals surface area contributed by atoms with Gasteiger partial charge >= 0.3 is 0 Å². The molecular formula is C13H16N4O2. The highest BCUT2D eigenvalue weighted by Gasteiger charge is 2.31. The number of nitrogens with two attached hydrogens (primary N) is 1. The topological polar surface area (TPSA) is 77.4 Å². The number of nitrogen functional groups attached to an aromatic ring is 1. The predicted molar refractivity (Wildman–Crippen MR) is 70.9 cm³/mol. The van der Waals surface area contributed by atoms with Crippen molar-refractivity contribution in [3.05, 3.63) is 30.2 Å². The number of rotatable bonds is 5. The van der Waals surface area contributed by atoms with Gasteiger partial charge in [0, 0.05) is 12.1 Å². The number of hydrogen-bond donors (Lipinski definition) is 1. The summed E-state index contributed by atoms with van der Waals surface area (Å²) in [5.41, 5.74) is 5.71. The largest absolute Gasteiger partial charge is 0.481 e. The predicted octanol–water partition coefficient (Wildman–Crippen LogP) is 1.83. The number of aromatic nitrogens is 2. The molecule has 1 aliphatic carbocycles. The summed E-state index contributed by atoms with van der Waals surface area (Å²) in [6.45, 7) is 0.678. The van der Waals surface area contributed by atoms with Crippen LogP contribution < -0.4 is 15.4 Å². The van der Waals surface area contributed by atoms with Gasteiger partial charge in [0.1, 0.15) is 11.6 Å². The lowest BCUT2D eigenvalue weighted by Crippen LogP contribution is -2.26. The van der Waals surface area contributed by atoms with Crippen LogP contribution in [0.1, 0.15) is 18.6 Å². The van der Waals surface area contributed by atoms with Gasteiger partial charge in [-0.05, 0) is 25.0 Å². The molecule has 2 N–H and O–H groups in total. The van der Waals surface area contributed by atoms with Gasteiger partial charge in [0.05, 0.1) is 19.9 Å². The van der Waals surface area contributed by atoms with E-state index < -0.39 is 0 Å². The van der Waals surface area contributed by atoms with Crippen molar-refractivity contribution in [1.29, 1.82) is 0 Å². The summed E-state index contributed by atoms with van der Waals surface area (Å²) < 4.78 is 10.5. The van der Waals surface area contributed by atoms with Crippen molar-refractivity contribution < 1.29 is 9.15 Å². The van der Waals surface area contributed by atoms with E-state index >= 15 is 0 Å². The summed E-state index contributed by atoms with van der Waals surface area (Å²) in [7, 11) is 1.57. The number of methoxy groups -OCH3 is 1. The molecule has 0 amide bonds. The zero-order chi connectivity index (χ0) is 13.2. The first kappa shape index (κ1) is 11.8. The second-order valence-electron chi connectivity index (χ2n) is 4.57. The first-order chi connectivity index (χ1) is 9.26. The Kier molecular flexibility index (Phi) is 2.98. The summed E-state index contributed by atoms with van der Waals surface area (Å²) in [5, 5.41) is 0. The molecule has 1 fully saturated rings. The van der Waals surface area contributed by atoms with Crippen molar-refractivity contribution in [2.45, 2.75) is 25.4 Å². The Bertz CT molecular complexity index is 552. The van der Waals surface area contributed by atoms with E-state index in [1.165, 1.54) is 0 Å². The fraction of sp³-hybridized carbons (Fsp3) is 0.385. The highest BCUT2D eigenvalue weighted by molar-refractivity contribution is 5.47. The lowest BCUT2D eigenvalue weighted by Gasteiger charge is -2.22. The summed E-state index contributed by atoms with van der Waals surface area (Å²) in [6, 6.07) is 6.13. The van der Waals surface area contributed by atoms with Gasteiger partial charge < -0.3 is 19.8 Å². The first-order valence-electron chi connectivity index (χ1n) is 6.24. The van der Waals surface area contributed by atoms with Crippen molar-refractivity contribution in [1.82, 2.24) is 9.97 Å². The SMILES string of the molecule is COc1cc(N(Cc2ccco2)C2CC2)nc(N)n1. The van der Waals surface area contributed by atoms with Crippen molar-refractivity contribution in [2.75, 3.05) is 17.7 Å². The Morgan fingerprint density at radius 2 is 2.32 bits per heavy atom. The highest BCUT2D eigenvalue weighted by Crippen LogP contribution is 2.33. The zero-order valence-corrected chi connectivity index (χ0v) is 10.7. The van der Waals surface area contributed by atoms with Crippen molar-refractivity contribution in [3.63, 3.8) is 0 Å². The molecule has 0 saturated heterocycles. The minimum Gasteiger partial charge on any atom is -0.481 e. The fourth-order valence-electron chi connectivity index (χ4n) is 2.04. The van der Waals surface area contributed by atoms with Crippen LogP contribution in [-0.4, -0.2) is 23.1 Å². The Balaban J connectivity index is 1.89. The molecule has 6 heteroatoms. The molecule has 0 atom stereocenters. The summed E-state index contributed by atoms with van der Waals surface area (Å²) >= 11 is 0. The quantitative estimate of drug-likeness (QED) is 0.883. The lowest BCUT2D eigenvalue weighted by atomic mass is 10.3. The van der Waals surface area contributed by atoms with Gasteiger partial charge in [-0.3, -0.25) is 0 Å². The average molecular weight is 260 g/mol. The first-order valence-corrected chi connectivity index (χ1v) is 6.24. The minimum absolute atomic E-state index is 0.222. The maximum Gasteiger partial charge on any atom is 0.225 e. The molecule has 2 heterocycles. The van der Waals surface area contributed by atoms with Gasteiger partial charge in [-0.2, -0.15) is 9.97 Å². The van der Waals surface area contributed by atoms with Crippen LogP contribution in [0.5, 0.6) is 5.88 Å². The molecule has 6 nitrogen and oxygen atoms in total. The molecule has 1 aliphatic rings. The number of ether oxygens (including phenoxy) is 1. The standard InChI is InChI=1S/C13H16N4O2/c1-18-12-7-11(15-13(14)16-12)17(9-4-5-9)8-10-3-2-6-19-10/h2-3,6-7,9H,4-5,8H2,1H3,(H2,14,15,16). The van der Waals surface area contributed by atoms with Crippen LogP contribution in [0.3, 0.4) is 0 Å². The van der Waals surface area contributed by atoms with Gasteiger partial charge in [0.2, 0.25) is 11.8 Å². The van der Waals surface area contributed by atoms with Crippen LogP contribution in [0, 0.1) is 0 Å². The summed E-state index contributed by atoms with van der Waals surface area (Å²) in [4.78, 5) is 10.5. The second kappa shape index (κ2) is 4.79. The van der Waals surface area contributed by atoms with Gasteiger partial charge in [0.25, 0.3) is 0 Å². The van der Waals surface area contributed by atoms with Gasteiger partial charge in [-0.1, -0.05) is 0 Å². The van der Waals surface area contributed by atoms with Crippen molar-refractivity contribution in [3.8, 4) is 5.88 Å². The number of hydrogen-bond acceptors (Lipinski definition) is 6. The molecule has 19 heavy (non-hydrogen) atoms. The molecular weight excluding hydrogens is 244 g/mol. The number of nitrogens with zero attached hydrogens (tertiary/aromatic N) is 3. The van der Waals surface area contributed by atoms with E-state index in [0.717, 1.165) is 24.4 Å². The Morgan fingerprint density at radius 1 is 1.47 bits per heavy atom. The Labute approximate surface area is 111 Å². The molecule has 0 aromatic carbocycles. The molecule has 2 aromatic rings. The maximum absolute atomic E-state index is 5.71. The van der Waals surface area contributed by atoms with E-state index in [9.17, 15) is 0 Å². The van der Waals surface area contributed by atoms with Gasteiger partial charge in [-0.25, -0.2) is 0 Å². The molecule has 0 unspecified atom stereocenters. The Morgan fingerprint density at radius 3 is 2.95 bits per heavy atom. The maximum atomic E-state index is 5.71. The monoisotopic (exact) mass is 260 g/mol. The van der Waals surface area contributed by atoms with Crippen molar-refractivity contribution in [2.24, 2.45) is 0 Å². The third kappa shape index (κ3) is 2.62. The summed E-state index contributed by atoms with van der Waals surface area (Å²) in [5.74, 6) is 2.39.